The maximum atomic E-state index is 12.7. The molecule has 8 heteroatoms. The second-order valence-corrected chi connectivity index (χ2v) is 4.59. The summed E-state index contributed by atoms with van der Waals surface area (Å²) >= 11 is 0. The molecule has 0 aliphatic carbocycles. The molecule has 2 rings (SSSR count). The Morgan fingerprint density at radius 3 is 2.17 bits per heavy atom. The Hall–Kier alpha value is -2.74. The van der Waals surface area contributed by atoms with Crippen LogP contribution in [-0.2, 0) is 6.61 Å². The second kappa shape index (κ2) is 7.01. The van der Waals surface area contributed by atoms with E-state index in [1.807, 2.05) is 30.3 Å². The van der Waals surface area contributed by atoms with Crippen LogP contribution in [0.25, 0.3) is 0 Å². The van der Waals surface area contributed by atoms with Gasteiger partial charge in [-0.25, -0.2) is 5.84 Å². The third kappa shape index (κ3) is 4.36. The van der Waals surface area contributed by atoms with Gasteiger partial charge in [-0.3, -0.25) is 5.01 Å². The van der Waals surface area contributed by atoms with Crippen LogP contribution in [0.15, 0.2) is 59.7 Å². The first-order valence-electron chi connectivity index (χ1n) is 6.58. The number of hydrazine groups is 1. The molecule has 122 valence electrons. The Balaban J connectivity index is 2.04. The molecule has 2 aromatic carbocycles. The van der Waals surface area contributed by atoms with Gasteiger partial charge in [-0.15, -0.1) is 0 Å². The van der Waals surface area contributed by atoms with E-state index in [9.17, 15) is 13.2 Å². The zero-order valence-electron chi connectivity index (χ0n) is 12.0. The Bertz CT molecular complexity index is 657. The molecule has 0 bridgehead atoms. The van der Waals surface area contributed by atoms with Crippen molar-refractivity contribution in [1.82, 2.24) is 0 Å². The molecular weight excluding hydrogens is 309 g/mol. The number of rotatable bonds is 4. The van der Waals surface area contributed by atoms with Crippen molar-refractivity contribution >= 4 is 11.5 Å². The molecule has 0 aliphatic heterocycles. The first-order valence-corrected chi connectivity index (χ1v) is 6.58. The molecule has 23 heavy (non-hydrogen) atoms. The highest BCUT2D eigenvalue weighted by Gasteiger charge is 2.40. The maximum absolute atomic E-state index is 12.7. The normalized spacial score (nSPS) is 12.1. The highest BCUT2D eigenvalue weighted by atomic mass is 19.4. The van der Waals surface area contributed by atoms with E-state index in [0.29, 0.717) is 17.4 Å². The van der Waals surface area contributed by atoms with Gasteiger partial charge in [0.25, 0.3) is 0 Å². The molecule has 0 radical (unpaired) electrons. The third-order valence-electron chi connectivity index (χ3n) is 2.97. The zero-order chi connectivity index (χ0) is 16.9. The van der Waals surface area contributed by atoms with Gasteiger partial charge in [0.1, 0.15) is 12.4 Å². The zero-order valence-corrected chi connectivity index (χ0v) is 12.0. The predicted molar refractivity (Wildman–Crippen MR) is 81.6 cm³/mol. The molecule has 0 spiro atoms. The lowest BCUT2D eigenvalue weighted by molar-refractivity contribution is -0.0604. The van der Waals surface area contributed by atoms with Gasteiger partial charge in [0, 0.05) is 0 Å². The van der Waals surface area contributed by atoms with Crippen molar-refractivity contribution in [3.8, 4) is 5.75 Å². The SMILES string of the molecule is N/N=C(\N(N)c1ccc(OCc2ccccc2)cc1)C(F)(F)F. The van der Waals surface area contributed by atoms with Crippen LogP contribution in [0.1, 0.15) is 5.56 Å². The Morgan fingerprint density at radius 2 is 1.65 bits per heavy atom. The van der Waals surface area contributed by atoms with Gasteiger partial charge < -0.3 is 10.6 Å². The number of benzene rings is 2. The van der Waals surface area contributed by atoms with Crippen molar-refractivity contribution in [2.45, 2.75) is 12.8 Å². The van der Waals surface area contributed by atoms with E-state index in [1.165, 1.54) is 24.3 Å². The number of hydrogen-bond acceptors (Lipinski definition) is 4. The Kier molecular flexibility index (Phi) is 5.07. The molecule has 0 heterocycles. The summed E-state index contributed by atoms with van der Waals surface area (Å²) in [5.41, 5.74) is 1.06. The van der Waals surface area contributed by atoms with Crippen molar-refractivity contribution in [2.75, 3.05) is 5.01 Å². The minimum atomic E-state index is -4.74. The summed E-state index contributed by atoms with van der Waals surface area (Å²) in [6.07, 6.45) is -4.74. The monoisotopic (exact) mass is 324 g/mol. The van der Waals surface area contributed by atoms with Crippen LogP contribution in [0.2, 0.25) is 0 Å². The highest BCUT2D eigenvalue weighted by Crippen LogP contribution is 2.24. The molecule has 0 amide bonds. The van der Waals surface area contributed by atoms with Crippen LogP contribution in [0.3, 0.4) is 0 Å². The highest BCUT2D eigenvalue weighted by molar-refractivity contribution is 6.00. The number of nitrogens with two attached hydrogens (primary N) is 2. The topological polar surface area (TPSA) is 76.9 Å². The number of halogens is 3. The van der Waals surface area contributed by atoms with Crippen molar-refractivity contribution in [3.05, 3.63) is 60.2 Å². The van der Waals surface area contributed by atoms with E-state index in [0.717, 1.165) is 5.56 Å². The summed E-state index contributed by atoms with van der Waals surface area (Å²) in [5.74, 6) is 9.28. The lowest BCUT2D eigenvalue weighted by atomic mass is 10.2. The summed E-state index contributed by atoms with van der Waals surface area (Å²) < 4.78 is 43.6. The van der Waals surface area contributed by atoms with E-state index in [2.05, 4.69) is 5.10 Å². The lowest BCUT2D eigenvalue weighted by Crippen LogP contribution is -2.46. The van der Waals surface area contributed by atoms with Crippen LogP contribution in [0, 0.1) is 0 Å². The van der Waals surface area contributed by atoms with E-state index in [4.69, 9.17) is 16.4 Å². The smallest absolute Gasteiger partial charge is 0.452 e. The van der Waals surface area contributed by atoms with E-state index in [1.54, 1.807) is 0 Å². The summed E-state index contributed by atoms with van der Waals surface area (Å²) in [6.45, 7) is 0.352. The molecule has 0 saturated heterocycles. The molecule has 5 nitrogen and oxygen atoms in total. The van der Waals surface area contributed by atoms with Gasteiger partial charge in [0.2, 0.25) is 5.84 Å². The average molecular weight is 324 g/mol. The molecule has 0 unspecified atom stereocenters. The van der Waals surface area contributed by atoms with Gasteiger partial charge in [0.05, 0.1) is 5.69 Å². The molecule has 4 N–H and O–H groups in total. The number of ether oxygens (including phenoxy) is 1. The number of alkyl halides is 3. The summed E-state index contributed by atoms with van der Waals surface area (Å²) in [6, 6.07) is 15.3. The van der Waals surface area contributed by atoms with Crippen molar-refractivity contribution in [3.63, 3.8) is 0 Å². The molecule has 2 aromatic rings. The van der Waals surface area contributed by atoms with Crippen LogP contribution < -0.4 is 21.4 Å². The number of nitrogens with zero attached hydrogens (tertiary/aromatic N) is 2. The molecule has 0 fully saturated rings. The second-order valence-electron chi connectivity index (χ2n) is 4.59. The minimum absolute atomic E-state index is 0.0820. The number of hydrazone groups is 1. The van der Waals surface area contributed by atoms with Gasteiger partial charge in [0.15, 0.2) is 0 Å². The molecule has 0 atom stereocenters. The molecular formula is C15H15F3N4O. The molecule has 0 saturated carbocycles. The molecule has 0 aliphatic rings. The van der Waals surface area contributed by atoms with Gasteiger partial charge in [-0.1, -0.05) is 30.3 Å². The fourth-order valence-corrected chi connectivity index (χ4v) is 1.84. The van der Waals surface area contributed by atoms with Crippen molar-refractivity contribution in [2.24, 2.45) is 16.8 Å². The minimum Gasteiger partial charge on any atom is -0.489 e. The summed E-state index contributed by atoms with van der Waals surface area (Å²) in [7, 11) is 0. The van der Waals surface area contributed by atoms with E-state index < -0.39 is 12.0 Å². The number of anilines is 1. The van der Waals surface area contributed by atoms with Crippen LogP contribution in [0.4, 0.5) is 18.9 Å². The Morgan fingerprint density at radius 1 is 1.04 bits per heavy atom. The third-order valence-corrected chi connectivity index (χ3v) is 2.97. The van der Waals surface area contributed by atoms with E-state index >= 15 is 0 Å². The van der Waals surface area contributed by atoms with Gasteiger partial charge in [-0.05, 0) is 29.8 Å². The number of amidine groups is 1. The number of hydrogen-bond donors (Lipinski definition) is 2. The fraction of sp³-hybridized carbons (Fsp3) is 0.133. The van der Waals surface area contributed by atoms with E-state index in [-0.39, 0.29) is 5.69 Å². The maximum Gasteiger partial charge on any atom is 0.452 e. The van der Waals surface area contributed by atoms with Crippen molar-refractivity contribution < 1.29 is 17.9 Å². The first kappa shape index (κ1) is 16.6. The molecule has 0 aromatic heterocycles. The van der Waals surface area contributed by atoms with Crippen LogP contribution >= 0.6 is 0 Å². The Labute approximate surface area is 130 Å². The summed E-state index contributed by atoms with van der Waals surface area (Å²) in [5, 5.41) is 3.07. The standard InChI is InChI=1S/C15H15F3N4O/c16-15(17,18)14(21-19)22(20)12-6-8-13(9-7-12)23-10-11-4-2-1-3-5-11/h1-9H,10,19-20H2/b21-14-. The van der Waals surface area contributed by atoms with Crippen LogP contribution in [0.5, 0.6) is 5.75 Å². The predicted octanol–water partition coefficient (Wildman–Crippen LogP) is 2.78. The van der Waals surface area contributed by atoms with Crippen molar-refractivity contribution in [1.29, 1.82) is 0 Å². The average Bonchev–Trinajstić information content (AvgIpc) is 2.53. The largest absolute Gasteiger partial charge is 0.489 e. The fourth-order valence-electron chi connectivity index (χ4n) is 1.84. The van der Waals surface area contributed by atoms with Gasteiger partial charge in [-0.2, -0.15) is 18.3 Å². The van der Waals surface area contributed by atoms with Crippen LogP contribution in [-0.4, -0.2) is 12.0 Å². The quantitative estimate of drug-likeness (QED) is 0.392. The van der Waals surface area contributed by atoms with Gasteiger partial charge >= 0.3 is 6.18 Å². The first-order chi connectivity index (χ1) is 10.9. The lowest BCUT2D eigenvalue weighted by Gasteiger charge is -2.21. The summed E-state index contributed by atoms with van der Waals surface area (Å²) in [4.78, 5) is 0.